The van der Waals surface area contributed by atoms with Gasteiger partial charge in [-0.3, -0.25) is 9.69 Å². The number of benzene rings is 2. The molecule has 0 spiro atoms. The molecule has 0 aliphatic carbocycles. The summed E-state index contributed by atoms with van der Waals surface area (Å²) in [6.07, 6.45) is 0. The summed E-state index contributed by atoms with van der Waals surface area (Å²) in [6.45, 7) is 15.8. The maximum atomic E-state index is 13.7. The molecular formula is C25H33NO2Si. The van der Waals surface area contributed by atoms with Crippen molar-refractivity contribution >= 4 is 25.4 Å². The Morgan fingerprint density at radius 3 is 2.03 bits per heavy atom. The second kappa shape index (κ2) is 8.19. The molecule has 0 atom stereocenters. The lowest BCUT2D eigenvalue weighted by Gasteiger charge is -2.41. The molecule has 0 saturated carbocycles. The molecule has 4 heteroatoms. The van der Waals surface area contributed by atoms with Gasteiger partial charge < -0.3 is 4.74 Å². The van der Waals surface area contributed by atoms with Crippen molar-refractivity contribution in [2.45, 2.75) is 65.1 Å². The number of fused-ring (bicyclic) bond motifs is 1. The summed E-state index contributed by atoms with van der Waals surface area (Å²) in [4.78, 5) is 15.5. The van der Waals surface area contributed by atoms with Gasteiger partial charge >= 0.3 is 0 Å². The molecule has 1 aliphatic heterocycles. The molecule has 0 aromatic heterocycles. The van der Waals surface area contributed by atoms with E-state index in [0.717, 1.165) is 22.7 Å². The van der Waals surface area contributed by atoms with E-state index in [4.69, 9.17) is 4.74 Å². The fraction of sp³-hybridized carbons (Fsp3) is 0.400. The monoisotopic (exact) mass is 407 g/mol. The van der Waals surface area contributed by atoms with Gasteiger partial charge in [-0.15, -0.1) is 0 Å². The van der Waals surface area contributed by atoms with E-state index in [0.29, 0.717) is 22.4 Å². The highest BCUT2D eigenvalue weighted by molar-refractivity contribution is 6.88. The van der Waals surface area contributed by atoms with Crippen LogP contribution in [0, 0.1) is 6.92 Å². The standard InChI is InChI=1S/C25H33NO2Si/c1-17(2)29(18(3)4,19(5)6)16-24-25(27)26(21-11-9-8-10-12-21)22-15-20(7)13-14-23(22)28-24/h8-19H,1-7H3/b24-16-. The van der Waals surface area contributed by atoms with Gasteiger partial charge in [-0.05, 0) is 59.1 Å². The van der Waals surface area contributed by atoms with Crippen LogP contribution >= 0.6 is 0 Å². The van der Waals surface area contributed by atoms with E-state index in [2.05, 4.69) is 47.2 Å². The fourth-order valence-electron chi connectivity index (χ4n) is 4.92. The van der Waals surface area contributed by atoms with E-state index >= 15 is 0 Å². The van der Waals surface area contributed by atoms with Gasteiger partial charge in [0.25, 0.3) is 5.91 Å². The molecule has 2 aromatic carbocycles. The fourth-order valence-corrected chi connectivity index (χ4v) is 10.6. The molecule has 29 heavy (non-hydrogen) atoms. The number of ether oxygens (including phenoxy) is 1. The number of aryl methyl sites for hydroxylation is 1. The molecular weight excluding hydrogens is 374 g/mol. The van der Waals surface area contributed by atoms with Gasteiger partial charge in [-0.25, -0.2) is 0 Å². The Labute approximate surface area is 176 Å². The average Bonchev–Trinajstić information content (AvgIpc) is 2.66. The molecule has 2 aromatic rings. The lowest BCUT2D eigenvalue weighted by atomic mass is 10.1. The maximum Gasteiger partial charge on any atom is 0.297 e. The lowest BCUT2D eigenvalue weighted by molar-refractivity contribution is -0.116. The van der Waals surface area contributed by atoms with Crippen molar-refractivity contribution in [3.8, 4) is 5.75 Å². The molecule has 1 amide bonds. The zero-order valence-electron chi connectivity index (χ0n) is 18.7. The molecule has 3 rings (SSSR count). The molecule has 0 N–H and O–H groups in total. The van der Waals surface area contributed by atoms with Crippen molar-refractivity contribution in [3.63, 3.8) is 0 Å². The van der Waals surface area contributed by atoms with Crippen molar-refractivity contribution in [3.05, 3.63) is 65.6 Å². The van der Waals surface area contributed by atoms with Gasteiger partial charge in [0, 0.05) is 5.69 Å². The second-order valence-electron chi connectivity index (χ2n) is 9.02. The van der Waals surface area contributed by atoms with Gasteiger partial charge in [0.05, 0.1) is 13.8 Å². The number of carbonyl (C=O) groups is 1. The van der Waals surface area contributed by atoms with E-state index in [9.17, 15) is 4.79 Å². The van der Waals surface area contributed by atoms with Crippen LogP contribution < -0.4 is 9.64 Å². The Balaban J connectivity index is 2.21. The van der Waals surface area contributed by atoms with Crippen molar-refractivity contribution in [1.29, 1.82) is 0 Å². The number of nitrogens with zero attached hydrogens (tertiary/aromatic N) is 1. The van der Waals surface area contributed by atoms with Gasteiger partial charge in [-0.2, -0.15) is 0 Å². The Morgan fingerprint density at radius 1 is 0.897 bits per heavy atom. The summed E-state index contributed by atoms with van der Waals surface area (Å²) >= 11 is 0. The van der Waals surface area contributed by atoms with Crippen LogP contribution in [0.15, 0.2) is 60.0 Å². The summed E-state index contributed by atoms with van der Waals surface area (Å²) in [5.41, 5.74) is 6.55. The first kappa shape index (κ1) is 21.4. The van der Waals surface area contributed by atoms with Crippen molar-refractivity contribution < 1.29 is 9.53 Å². The number of hydrogen-bond donors (Lipinski definition) is 0. The molecule has 0 fully saturated rings. The number of hydrogen-bond acceptors (Lipinski definition) is 2. The molecule has 0 unspecified atom stereocenters. The van der Waals surface area contributed by atoms with Crippen molar-refractivity contribution in [2.75, 3.05) is 4.90 Å². The van der Waals surface area contributed by atoms with Gasteiger partial charge in [0.15, 0.2) is 11.5 Å². The minimum Gasteiger partial charge on any atom is -0.450 e. The third-order valence-corrected chi connectivity index (χ3v) is 13.1. The molecule has 0 saturated heterocycles. The van der Waals surface area contributed by atoms with E-state index in [1.165, 1.54) is 0 Å². The zero-order valence-corrected chi connectivity index (χ0v) is 19.7. The lowest BCUT2D eigenvalue weighted by Crippen LogP contribution is -2.45. The van der Waals surface area contributed by atoms with Crippen molar-refractivity contribution in [1.82, 2.24) is 0 Å². The van der Waals surface area contributed by atoms with Crippen LogP contribution in [0.2, 0.25) is 16.6 Å². The van der Waals surface area contributed by atoms with Gasteiger partial charge in [-0.1, -0.05) is 65.8 Å². The highest BCUT2D eigenvalue weighted by atomic mass is 28.3. The van der Waals surface area contributed by atoms with E-state index in [1.54, 1.807) is 4.90 Å². The second-order valence-corrected chi connectivity index (χ2v) is 14.8. The quantitative estimate of drug-likeness (QED) is 0.389. The van der Waals surface area contributed by atoms with Crippen LogP contribution in [-0.2, 0) is 4.79 Å². The Hall–Kier alpha value is -2.33. The Bertz CT molecular complexity index is 894. The maximum absolute atomic E-state index is 13.7. The smallest absolute Gasteiger partial charge is 0.297 e. The highest BCUT2D eigenvalue weighted by Gasteiger charge is 2.43. The van der Waals surface area contributed by atoms with E-state index in [1.807, 2.05) is 55.5 Å². The third kappa shape index (κ3) is 3.78. The SMILES string of the molecule is Cc1ccc2c(c1)N(c1ccccc1)C(=O)/C(=C/[Si](C(C)C)(C(C)C)C(C)C)O2. The van der Waals surface area contributed by atoms with E-state index in [-0.39, 0.29) is 5.91 Å². The molecule has 0 bridgehead atoms. The van der Waals surface area contributed by atoms with Crippen LogP contribution in [0.1, 0.15) is 47.1 Å². The number of para-hydroxylation sites is 1. The van der Waals surface area contributed by atoms with Crippen LogP contribution in [0.3, 0.4) is 0 Å². The normalized spacial score (nSPS) is 16.0. The Kier molecular flexibility index (Phi) is 6.04. The van der Waals surface area contributed by atoms with Crippen molar-refractivity contribution in [2.24, 2.45) is 0 Å². The molecule has 3 nitrogen and oxygen atoms in total. The first-order chi connectivity index (χ1) is 13.7. The molecule has 1 heterocycles. The summed E-state index contributed by atoms with van der Waals surface area (Å²) in [6, 6.07) is 15.9. The van der Waals surface area contributed by atoms with Crippen LogP contribution in [0.25, 0.3) is 0 Å². The number of rotatable bonds is 5. The van der Waals surface area contributed by atoms with Crippen LogP contribution in [-0.4, -0.2) is 14.0 Å². The minimum absolute atomic E-state index is 0.0758. The molecule has 0 radical (unpaired) electrons. The number of anilines is 2. The minimum atomic E-state index is -1.95. The van der Waals surface area contributed by atoms with Crippen LogP contribution in [0.5, 0.6) is 5.75 Å². The number of carbonyl (C=O) groups excluding carboxylic acids is 1. The predicted molar refractivity (Wildman–Crippen MR) is 125 cm³/mol. The average molecular weight is 408 g/mol. The summed E-state index contributed by atoms with van der Waals surface area (Å²) < 4.78 is 6.26. The van der Waals surface area contributed by atoms with E-state index < -0.39 is 8.07 Å². The Morgan fingerprint density at radius 2 is 1.48 bits per heavy atom. The predicted octanol–water partition coefficient (Wildman–Crippen LogP) is 7.15. The topological polar surface area (TPSA) is 29.5 Å². The van der Waals surface area contributed by atoms with Crippen LogP contribution in [0.4, 0.5) is 11.4 Å². The van der Waals surface area contributed by atoms with Gasteiger partial charge in [0.1, 0.15) is 0 Å². The van der Waals surface area contributed by atoms with Gasteiger partial charge in [0.2, 0.25) is 0 Å². The first-order valence-corrected chi connectivity index (χ1v) is 12.9. The third-order valence-electron chi connectivity index (χ3n) is 6.38. The number of amides is 1. The summed E-state index contributed by atoms with van der Waals surface area (Å²) in [5.74, 6) is 1.14. The zero-order chi connectivity index (χ0) is 21.3. The highest BCUT2D eigenvalue weighted by Crippen LogP contribution is 2.46. The summed E-state index contributed by atoms with van der Waals surface area (Å²) in [5, 5.41) is 0. The summed E-state index contributed by atoms with van der Waals surface area (Å²) in [7, 11) is -1.95. The molecule has 154 valence electrons. The molecule has 1 aliphatic rings. The largest absolute Gasteiger partial charge is 0.450 e. The first-order valence-electron chi connectivity index (χ1n) is 10.6.